The average molecular weight is 304 g/mol. The number of rotatable bonds is 7. The maximum Gasteiger partial charge on any atom is 0.269 e. The lowest BCUT2D eigenvalue weighted by Crippen LogP contribution is -2.30. The highest BCUT2D eigenvalue weighted by atomic mass is 16.6. The van der Waals surface area contributed by atoms with Crippen LogP contribution in [0.3, 0.4) is 0 Å². The van der Waals surface area contributed by atoms with E-state index in [1.54, 1.807) is 30.5 Å². The maximum absolute atomic E-state index is 11.9. The number of nitrogens with zero attached hydrogens (tertiary/aromatic N) is 1. The van der Waals surface area contributed by atoms with E-state index < -0.39 is 4.92 Å². The van der Waals surface area contributed by atoms with E-state index in [-0.39, 0.29) is 30.7 Å². The number of furan rings is 1. The van der Waals surface area contributed by atoms with Gasteiger partial charge in [-0.3, -0.25) is 14.9 Å². The van der Waals surface area contributed by atoms with Crippen molar-refractivity contribution in [3.8, 4) is 0 Å². The number of non-ortho nitro benzene ring substituents is 1. The van der Waals surface area contributed by atoms with Gasteiger partial charge >= 0.3 is 0 Å². The minimum atomic E-state index is -0.476. The predicted octanol–water partition coefficient (Wildman–Crippen LogP) is 2.23. The number of ether oxygens (including phenoxy) is 1. The highest BCUT2D eigenvalue weighted by Gasteiger charge is 2.15. The number of methoxy groups -OCH3 is 1. The molecular formula is C15H16N2O5. The van der Waals surface area contributed by atoms with Gasteiger partial charge in [-0.2, -0.15) is 0 Å². The number of benzene rings is 1. The number of hydrogen-bond acceptors (Lipinski definition) is 5. The van der Waals surface area contributed by atoms with Gasteiger partial charge in [-0.15, -0.1) is 0 Å². The van der Waals surface area contributed by atoms with Crippen molar-refractivity contribution in [3.05, 3.63) is 64.1 Å². The SMILES string of the molecule is COC(CNC(=O)Cc1ccc([N+](=O)[O-])cc1)c1ccco1. The summed E-state index contributed by atoms with van der Waals surface area (Å²) in [6.07, 6.45) is 1.34. The number of nitrogens with one attached hydrogen (secondary N) is 1. The Morgan fingerprint density at radius 2 is 2.09 bits per heavy atom. The van der Waals surface area contributed by atoms with Crippen LogP contribution in [0.4, 0.5) is 5.69 Å². The quantitative estimate of drug-likeness (QED) is 0.625. The number of nitro benzene ring substituents is 1. The van der Waals surface area contributed by atoms with Crippen LogP contribution in [-0.4, -0.2) is 24.5 Å². The van der Waals surface area contributed by atoms with Crippen LogP contribution in [0.2, 0.25) is 0 Å². The molecule has 1 aromatic carbocycles. The molecule has 0 spiro atoms. The lowest BCUT2D eigenvalue weighted by molar-refractivity contribution is -0.384. The standard InChI is InChI=1S/C15H16N2O5/c1-21-14(13-3-2-8-22-13)10-16-15(18)9-11-4-6-12(7-5-11)17(19)20/h2-8,14H,9-10H2,1H3,(H,16,18). The molecule has 7 heteroatoms. The Morgan fingerprint density at radius 3 is 2.64 bits per heavy atom. The van der Waals surface area contributed by atoms with E-state index in [1.807, 2.05) is 0 Å². The number of hydrogen-bond donors (Lipinski definition) is 1. The van der Waals surface area contributed by atoms with Crippen LogP contribution in [0.5, 0.6) is 0 Å². The topological polar surface area (TPSA) is 94.6 Å². The van der Waals surface area contributed by atoms with Gasteiger partial charge in [0.25, 0.3) is 5.69 Å². The van der Waals surface area contributed by atoms with Crippen molar-refractivity contribution in [2.24, 2.45) is 0 Å². The fourth-order valence-corrected chi connectivity index (χ4v) is 1.96. The zero-order valence-electron chi connectivity index (χ0n) is 12.0. The van der Waals surface area contributed by atoms with Crippen molar-refractivity contribution in [1.29, 1.82) is 0 Å². The molecule has 22 heavy (non-hydrogen) atoms. The maximum atomic E-state index is 11.9. The van der Waals surface area contributed by atoms with E-state index in [1.165, 1.54) is 19.2 Å². The van der Waals surface area contributed by atoms with Crippen molar-refractivity contribution < 1.29 is 18.9 Å². The van der Waals surface area contributed by atoms with Crippen LogP contribution < -0.4 is 5.32 Å². The van der Waals surface area contributed by atoms with Crippen LogP contribution in [0.1, 0.15) is 17.4 Å². The van der Waals surface area contributed by atoms with Gasteiger partial charge in [-0.05, 0) is 17.7 Å². The summed E-state index contributed by atoms with van der Waals surface area (Å²) in [5, 5.41) is 13.3. The molecule has 1 amide bonds. The molecule has 116 valence electrons. The molecule has 0 aliphatic rings. The summed E-state index contributed by atoms with van der Waals surface area (Å²) in [4.78, 5) is 22.0. The molecule has 2 aromatic rings. The van der Waals surface area contributed by atoms with E-state index in [0.29, 0.717) is 11.3 Å². The van der Waals surface area contributed by atoms with Crippen molar-refractivity contribution in [3.63, 3.8) is 0 Å². The molecule has 0 radical (unpaired) electrons. The number of nitro groups is 1. The number of amides is 1. The van der Waals surface area contributed by atoms with Gasteiger partial charge in [0.15, 0.2) is 0 Å². The summed E-state index contributed by atoms with van der Waals surface area (Å²) in [7, 11) is 1.54. The van der Waals surface area contributed by atoms with Gasteiger partial charge in [0.2, 0.25) is 5.91 Å². The van der Waals surface area contributed by atoms with E-state index >= 15 is 0 Å². The highest BCUT2D eigenvalue weighted by Crippen LogP contribution is 2.16. The second kappa shape index (κ2) is 7.37. The van der Waals surface area contributed by atoms with E-state index in [2.05, 4.69) is 5.32 Å². The number of carbonyl (C=O) groups is 1. The Labute approximate surface area is 127 Å². The Morgan fingerprint density at radius 1 is 1.36 bits per heavy atom. The molecule has 0 saturated heterocycles. The summed E-state index contributed by atoms with van der Waals surface area (Å²) >= 11 is 0. The largest absolute Gasteiger partial charge is 0.467 e. The Balaban J connectivity index is 1.86. The van der Waals surface area contributed by atoms with Crippen molar-refractivity contribution in [2.75, 3.05) is 13.7 Å². The predicted molar refractivity (Wildman–Crippen MR) is 78.3 cm³/mol. The van der Waals surface area contributed by atoms with Crippen molar-refractivity contribution in [1.82, 2.24) is 5.32 Å². The minimum Gasteiger partial charge on any atom is -0.467 e. The zero-order valence-corrected chi connectivity index (χ0v) is 12.0. The third kappa shape index (κ3) is 4.16. The van der Waals surface area contributed by atoms with Crippen LogP contribution in [0, 0.1) is 10.1 Å². The van der Waals surface area contributed by atoms with Crippen molar-refractivity contribution in [2.45, 2.75) is 12.5 Å². The summed E-state index contributed by atoms with van der Waals surface area (Å²) in [5.41, 5.74) is 0.705. The van der Waals surface area contributed by atoms with Crippen molar-refractivity contribution >= 4 is 11.6 Å². The van der Waals surface area contributed by atoms with Crippen LogP contribution in [-0.2, 0) is 16.0 Å². The summed E-state index contributed by atoms with van der Waals surface area (Å²) in [6, 6.07) is 9.42. The fourth-order valence-electron chi connectivity index (χ4n) is 1.96. The lowest BCUT2D eigenvalue weighted by Gasteiger charge is -2.13. The first-order valence-corrected chi connectivity index (χ1v) is 6.66. The van der Waals surface area contributed by atoms with E-state index in [0.717, 1.165) is 0 Å². The van der Waals surface area contributed by atoms with Gasteiger partial charge in [0.1, 0.15) is 11.9 Å². The average Bonchev–Trinajstić information content (AvgIpc) is 3.02. The Bertz CT molecular complexity index is 622. The molecule has 1 unspecified atom stereocenters. The van der Waals surface area contributed by atoms with Gasteiger partial charge in [-0.25, -0.2) is 0 Å². The third-order valence-corrected chi connectivity index (χ3v) is 3.14. The van der Waals surface area contributed by atoms with Gasteiger partial charge < -0.3 is 14.5 Å². The highest BCUT2D eigenvalue weighted by molar-refractivity contribution is 5.78. The van der Waals surface area contributed by atoms with Gasteiger partial charge in [0, 0.05) is 19.2 Å². The molecular weight excluding hydrogens is 288 g/mol. The molecule has 1 atom stereocenters. The third-order valence-electron chi connectivity index (χ3n) is 3.14. The smallest absolute Gasteiger partial charge is 0.269 e. The molecule has 0 aliphatic heterocycles. The van der Waals surface area contributed by atoms with Crippen LogP contribution in [0.25, 0.3) is 0 Å². The first kappa shape index (κ1) is 15.7. The summed E-state index contributed by atoms with van der Waals surface area (Å²) < 4.78 is 10.5. The van der Waals surface area contributed by atoms with Crippen LogP contribution in [0.15, 0.2) is 47.1 Å². The zero-order chi connectivity index (χ0) is 15.9. The second-order valence-corrected chi connectivity index (χ2v) is 4.64. The summed E-state index contributed by atoms with van der Waals surface area (Å²) in [6.45, 7) is 0.288. The first-order chi connectivity index (χ1) is 10.6. The molecule has 1 aromatic heterocycles. The normalized spacial score (nSPS) is 11.9. The lowest BCUT2D eigenvalue weighted by atomic mass is 10.1. The minimum absolute atomic E-state index is 0.00132. The molecule has 0 aliphatic carbocycles. The van der Waals surface area contributed by atoms with Gasteiger partial charge in [-0.1, -0.05) is 12.1 Å². The molecule has 2 rings (SSSR count). The summed E-state index contributed by atoms with van der Waals surface area (Å²) in [5.74, 6) is 0.445. The van der Waals surface area contributed by atoms with E-state index in [4.69, 9.17) is 9.15 Å². The molecule has 0 saturated carbocycles. The molecule has 7 nitrogen and oxygen atoms in total. The Kier molecular flexibility index (Phi) is 5.26. The van der Waals surface area contributed by atoms with E-state index in [9.17, 15) is 14.9 Å². The second-order valence-electron chi connectivity index (χ2n) is 4.64. The Hall–Kier alpha value is -2.67. The number of carbonyl (C=O) groups excluding carboxylic acids is 1. The monoisotopic (exact) mass is 304 g/mol. The molecule has 1 N–H and O–H groups in total. The fraction of sp³-hybridized carbons (Fsp3) is 0.267. The first-order valence-electron chi connectivity index (χ1n) is 6.66. The van der Waals surface area contributed by atoms with Gasteiger partial charge in [0.05, 0.1) is 24.2 Å². The van der Waals surface area contributed by atoms with Crippen LogP contribution >= 0.6 is 0 Å². The molecule has 0 fully saturated rings. The molecule has 1 heterocycles. The molecule has 0 bridgehead atoms.